The molecule has 5 rings (SSSR count). The molecule has 0 aliphatic heterocycles. The summed E-state index contributed by atoms with van der Waals surface area (Å²) in [5, 5.41) is 5.50. The minimum atomic E-state index is -0.122. The highest BCUT2D eigenvalue weighted by atomic mass is 16.5. The SMILES string of the molecule is COc1ccc(-n2cc(-c3nc(-c4cccc(C)c4)no3)c3ccccc3c2=O)cc1. The van der Waals surface area contributed by atoms with Crippen molar-refractivity contribution < 1.29 is 9.26 Å². The Morgan fingerprint density at radius 2 is 1.71 bits per heavy atom. The topological polar surface area (TPSA) is 70.2 Å². The van der Waals surface area contributed by atoms with Gasteiger partial charge in [-0.1, -0.05) is 47.1 Å². The number of aromatic nitrogens is 3. The molecule has 2 aromatic heterocycles. The minimum Gasteiger partial charge on any atom is -0.497 e. The predicted octanol–water partition coefficient (Wildman–Crippen LogP) is 5.02. The highest BCUT2D eigenvalue weighted by Gasteiger charge is 2.17. The summed E-state index contributed by atoms with van der Waals surface area (Å²) in [6.45, 7) is 2.02. The van der Waals surface area contributed by atoms with Crippen molar-refractivity contribution in [3.8, 4) is 34.3 Å². The summed E-state index contributed by atoms with van der Waals surface area (Å²) in [5.74, 6) is 1.58. The zero-order valence-electron chi connectivity index (χ0n) is 17.1. The Hall–Kier alpha value is -4.19. The molecular formula is C25H19N3O3. The lowest BCUT2D eigenvalue weighted by Gasteiger charge is -2.11. The largest absolute Gasteiger partial charge is 0.497 e. The number of hydrogen-bond donors (Lipinski definition) is 0. The van der Waals surface area contributed by atoms with Crippen LogP contribution in [0, 0.1) is 6.92 Å². The standard InChI is InChI=1S/C25H19N3O3/c1-16-6-5-7-17(14-16)23-26-24(31-27-23)22-15-28(18-10-12-19(30-2)13-11-18)25(29)21-9-4-3-8-20(21)22/h3-15H,1-2H3. The molecule has 3 aromatic carbocycles. The van der Waals surface area contributed by atoms with E-state index in [-0.39, 0.29) is 5.56 Å². The Morgan fingerprint density at radius 3 is 2.45 bits per heavy atom. The number of nitrogens with zero attached hydrogens (tertiary/aromatic N) is 3. The van der Waals surface area contributed by atoms with Crippen LogP contribution in [0.1, 0.15) is 5.56 Å². The fraction of sp³-hybridized carbons (Fsp3) is 0.0800. The zero-order valence-corrected chi connectivity index (χ0v) is 17.1. The van der Waals surface area contributed by atoms with Gasteiger partial charge in [0, 0.05) is 28.2 Å². The molecule has 152 valence electrons. The molecule has 6 nitrogen and oxygen atoms in total. The number of benzene rings is 3. The van der Waals surface area contributed by atoms with Crippen molar-refractivity contribution in [1.82, 2.24) is 14.7 Å². The summed E-state index contributed by atoms with van der Waals surface area (Å²) in [4.78, 5) is 17.8. The molecule has 2 heterocycles. The molecule has 0 bridgehead atoms. The van der Waals surface area contributed by atoms with E-state index >= 15 is 0 Å². The maximum Gasteiger partial charge on any atom is 0.262 e. The van der Waals surface area contributed by atoms with Crippen molar-refractivity contribution in [2.75, 3.05) is 7.11 Å². The fourth-order valence-corrected chi connectivity index (χ4v) is 3.63. The molecule has 31 heavy (non-hydrogen) atoms. The summed E-state index contributed by atoms with van der Waals surface area (Å²) in [7, 11) is 1.61. The third kappa shape index (κ3) is 3.38. The maximum atomic E-state index is 13.2. The third-order valence-corrected chi connectivity index (χ3v) is 5.21. The molecule has 0 N–H and O–H groups in total. The molecule has 0 radical (unpaired) electrons. The second-order valence-corrected chi connectivity index (χ2v) is 7.25. The summed E-state index contributed by atoms with van der Waals surface area (Å²) < 4.78 is 12.4. The van der Waals surface area contributed by atoms with E-state index in [2.05, 4.69) is 10.1 Å². The van der Waals surface area contributed by atoms with Crippen molar-refractivity contribution in [2.24, 2.45) is 0 Å². The van der Waals surface area contributed by atoms with Gasteiger partial charge in [0.05, 0.1) is 12.7 Å². The van der Waals surface area contributed by atoms with E-state index in [0.717, 1.165) is 28.0 Å². The van der Waals surface area contributed by atoms with Crippen molar-refractivity contribution >= 4 is 10.8 Å². The summed E-state index contributed by atoms with van der Waals surface area (Å²) in [6, 6.07) is 22.7. The lowest BCUT2D eigenvalue weighted by Crippen LogP contribution is -2.18. The van der Waals surface area contributed by atoms with Crippen molar-refractivity contribution in [2.45, 2.75) is 6.92 Å². The molecule has 5 aromatic rings. The smallest absolute Gasteiger partial charge is 0.262 e. The van der Waals surface area contributed by atoms with Crippen molar-refractivity contribution in [1.29, 1.82) is 0 Å². The molecule has 0 saturated heterocycles. The molecule has 0 aliphatic rings. The number of aryl methyl sites for hydroxylation is 1. The number of pyridine rings is 1. The molecule has 6 heteroatoms. The average Bonchev–Trinajstić information content (AvgIpc) is 3.30. The van der Waals surface area contributed by atoms with Gasteiger partial charge >= 0.3 is 0 Å². The number of fused-ring (bicyclic) bond motifs is 1. The van der Waals surface area contributed by atoms with Gasteiger partial charge in [0.2, 0.25) is 5.82 Å². The first-order valence-corrected chi connectivity index (χ1v) is 9.84. The normalized spacial score (nSPS) is 11.0. The van der Waals surface area contributed by atoms with Gasteiger partial charge < -0.3 is 9.26 Å². The number of hydrogen-bond acceptors (Lipinski definition) is 5. The van der Waals surface area contributed by atoms with Crippen LogP contribution in [0.25, 0.3) is 39.3 Å². The molecule has 0 fully saturated rings. The Labute approximate surface area is 178 Å². The van der Waals surface area contributed by atoms with Gasteiger partial charge in [-0.25, -0.2) is 0 Å². The van der Waals surface area contributed by atoms with E-state index in [1.807, 2.05) is 73.7 Å². The first-order valence-electron chi connectivity index (χ1n) is 9.84. The molecule has 0 aliphatic carbocycles. The first kappa shape index (κ1) is 18.8. The third-order valence-electron chi connectivity index (χ3n) is 5.21. The minimum absolute atomic E-state index is 0.122. The summed E-state index contributed by atoms with van der Waals surface area (Å²) >= 11 is 0. The Morgan fingerprint density at radius 1 is 0.935 bits per heavy atom. The Balaban J connectivity index is 1.70. The van der Waals surface area contributed by atoms with E-state index in [0.29, 0.717) is 22.7 Å². The quantitative estimate of drug-likeness (QED) is 0.417. The molecule has 0 atom stereocenters. The van der Waals surface area contributed by atoms with Crippen LogP contribution >= 0.6 is 0 Å². The van der Waals surface area contributed by atoms with Gasteiger partial charge in [0.25, 0.3) is 11.4 Å². The van der Waals surface area contributed by atoms with Crippen LogP contribution in [0.4, 0.5) is 0 Å². The van der Waals surface area contributed by atoms with E-state index < -0.39 is 0 Å². The number of rotatable bonds is 4. The number of methoxy groups -OCH3 is 1. The molecule has 0 spiro atoms. The summed E-state index contributed by atoms with van der Waals surface area (Å²) in [5.41, 5.74) is 3.28. The van der Waals surface area contributed by atoms with E-state index in [9.17, 15) is 4.79 Å². The van der Waals surface area contributed by atoms with Gasteiger partial charge in [-0.05, 0) is 43.3 Å². The van der Waals surface area contributed by atoms with E-state index in [4.69, 9.17) is 9.26 Å². The van der Waals surface area contributed by atoms with Crippen LogP contribution in [-0.2, 0) is 0 Å². The van der Waals surface area contributed by atoms with Gasteiger partial charge in [-0.15, -0.1) is 0 Å². The molecule has 0 unspecified atom stereocenters. The Kier molecular flexibility index (Phi) is 4.59. The molecular weight excluding hydrogens is 390 g/mol. The van der Waals surface area contributed by atoms with Gasteiger partial charge in [-0.2, -0.15) is 4.98 Å². The van der Waals surface area contributed by atoms with Gasteiger partial charge in [0.1, 0.15) is 5.75 Å². The Bertz CT molecular complexity index is 1450. The van der Waals surface area contributed by atoms with E-state index in [1.54, 1.807) is 23.9 Å². The zero-order chi connectivity index (χ0) is 21.4. The first-order chi connectivity index (χ1) is 15.1. The molecule has 0 amide bonds. The second kappa shape index (κ2) is 7.57. The highest BCUT2D eigenvalue weighted by molar-refractivity contribution is 5.94. The van der Waals surface area contributed by atoms with Crippen molar-refractivity contribution in [3.63, 3.8) is 0 Å². The number of ether oxygens (including phenoxy) is 1. The summed E-state index contributed by atoms with van der Waals surface area (Å²) in [6.07, 6.45) is 1.75. The van der Waals surface area contributed by atoms with Crippen LogP contribution in [0.5, 0.6) is 5.75 Å². The lowest BCUT2D eigenvalue weighted by molar-refractivity contribution is 0.414. The van der Waals surface area contributed by atoms with Crippen LogP contribution < -0.4 is 10.3 Å². The lowest BCUT2D eigenvalue weighted by atomic mass is 10.1. The fourth-order valence-electron chi connectivity index (χ4n) is 3.63. The van der Waals surface area contributed by atoms with Crippen LogP contribution in [0.3, 0.4) is 0 Å². The predicted molar refractivity (Wildman–Crippen MR) is 120 cm³/mol. The van der Waals surface area contributed by atoms with Crippen LogP contribution in [-0.4, -0.2) is 21.8 Å². The highest BCUT2D eigenvalue weighted by Crippen LogP contribution is 2.29. The maximum absolute atomic E-state index is 13.2. The molecule has 0 saturated carbocycles. The van der Waals surface area contributed by atoms with Crippen molar-refractivity contribution in [3.05, 3.63) is 94.9 Å². The monoisotopic (exact) mass is 409 g/mol. The average molecular weight is 409 g/mol. The van der Waals surface area contributed by atoms with Crippen LogP contribution in [0.15, 0.2) is 88.3 Å². The van der Waals surface area contributed by atoms with Crippen LogP contribution in [0.2, 0.25) is 0 Å². The van der Waals surface area contributed by atoms with Gasteiger partial charge in [0.15, 0.2) is 0 Å². The van der Waals surface area contributed by atoms with Gasteiger partial charge in [-0.3, -0.25) is 9.36 Å². The van der Waals surface area contributed by atoms with E-state index in [1.165, 1.54) is 0 Å². The second-order valence-electron chi connectivity index (χ2n) is 7.25.